The highest BCUT2D eigenvalue weighted by atomic mass is 79.9. The van der Waals surface area contributed by atoms with Gasteiger partial charge in [-0.1, -0.05) is 11.6 Å². The minimum absolute atomic E-state index is 0.140. The van der Waals surface area contributed by atoms with Crippen LogP contribution in [0.4, 0.5) is 4.39 Å². The van der Waals surface area contributed by atoms with Crippen LogP contribution in [0.1, 0.15) is 5.56 Å². The molecule has 0 bridgehead atoms. The minimum Gasteiger partial charge on any atom is -0.480 e. The molecule has 0 saturated carbocycles. The second-order valence-electron chi connectivity index (χ2n) is 3.05. The first kappa shape index (κ1) is 13.4. The van der Waals surface area contributed by atoms with E-state index in [-0.39, 0.29) is 19.6 Å². The first-order valence-corrected chi connectivity index (χ1v) is 5.60. The van der Waals surface area contributed by atoms with E-state index in [0.717, 1.165) is 0 Å². The maximum Gasteiger partial charge on any atom is 0.329 e. The number of carbonyl (C=O) groups is 1. The minimum atomic E-state index is -1.05. The van der Waals surface area contributed by atoms with E-state index in [1.165, 1.54) is 12.1 Å². The van der Waals surface area contributed by atoms with E-state index >= 15 is 0 Å². The summed E-state index contributed by atoms with van der Waals surface area (Å²) < 4.78 is 18.6. The van der Waals surface area contributed by atoms with Crippen molar-refractivity contribution < 1.29 is 19.0 Å². The van der Waals surface area contributed by atoms with Crippen LogP contribution in [0, 0.1) is 5.82 Å². The van der Waals surface area contributed by atoms with Crippen LogP contribution >= 0.6 is 27.5 Å². The third-order valence-corrected chi connectivity index (χ3v) is 3.03. The molecule has 0 amide bonds. The summed E-state index contributed by atoms with van der Waals surface area (Å²) in [5.74, 6) is -1.44. The van der Waals surface area contributed by atoms with Gasteiger partial charge in [-0.3, -0.25) is 0 Å². The van der Waals surface area contributed by atoms with Crippen molar-refractivity contribution in [2.24, 2.45) is 0 Å². The summed E-state index contributed by atoms with van der Waals surface area (Å²) >= 11 is 8.90. The van der Waals surface area contributed by atoms with Crippen LogP contribution in [0.15, 0.2) is 16.6 Å². The van der Waals surface area contributed by atoms with Gasteiger partial charge in [0, 0.05) is 4.47 Å². The van der Waals surface area contributed by atoms with Gasteiger partial charge in [-0.2, -0.15) is 0 Å². The van der Waals surface area contributed by atoms with E-state index in [1.54, 1.807) is 0 Å². The van der Waals surface area contributed by atoms with E-state index in [2.05, 4.69) is 15.9 Å². The van der Waals surface area contributed by atoms with Gasteiger partial charge < -0.3 is 9.84 Å². The molecular formula is C10H9BrClFO3. The molecule has 0 saturated heterocycles. The van der Waals surface area contributed by atoms with Crippen LogP contribution in [0.5, 0.6) is 0 Å². The summed E-state index contributed by atoms with van der Waals surface area (Å²) in [5.41, 5.74) is 0.401. The van der Waals surface area contributed by atoms with Gasteiger partial charge in [0.15, 0.2) is 0 Å². The predicted octanol–water partition coefficient (Wildman–Crippen LogP) is 2.89. The summed E-state index contributed by atoms with van der Waals surface area (Å²) in [7, 11) is 0. The molecule has 0 fully saturated rings. The fraction of sp³-hybridized carbons (Fsp3) is 0.300. The van der Waals surface area contributed by atoms with Gasteiger partial charge in [0.1, 0.15) is 12.4 Å². The Morgan fingerprint density at radius 2 is 2.25 bits per heavy atom. The maximum atomic E-state index is 13.4. The SMILES string of the molecule is O=C(O)COCCc1cc(Cl)c(Br)cc1F. The van der Waals surface area contributed by atoms with Crippen molar-refractivity contribution in [2.45, 2.75) is 6.42 Å². The zero-order chi connectivity index (χ0) is 12.1. The normalized spacial score (nSPS) is 10.4. The standard InChI is InChI=1S/C10H9BrClFO3/c11-7-4-9(13)6(3-8(7)12)1-2-16-5-10(14)15/h3-4H,1-2,5H2,(H,14,15). The smallest absolute Gasteiger partial charge is 0.329 e. The molecule has 0 spiro atoms. The second-order valence-corrected chi connectivity index (χ2v) is 4.32. The summed E-state index contributed by atoms with van der Waals surface area (Å²) in [4.78, 5) is 10.1. The number of hydrogen-bond acceptors (Lipinski definition) is 2. The maximum absolute atomic E-state index is 13.4. The highest BCUT2D eigenvalue weighted by molar-refractivity contribution is 9.10. The van der Waals surface area contributed by atoms with Gasteiger partial charge >= 0.3 is 5.97 Å². The first-order valence-electron chi connectivity index (χ1n) is 4.43. The van der Waals surface area contributed by atoms with Gasteiger partial charge in [-0.05, 0) is 40.0 Å². The highest BCUT2D eigenvalue weighted by Crippen LogP contribution is 2.25. The van der Waals surface area contributed by atoms with Gasteiger partial charge in [0.25, 0.3) is 0 Å². The number of benzene rings is 1. The van der Waals surface area contributed by atoms with E-state index in [4.69, 9.17) is 21.4 Å². The molecule has 0 aliphatic carbocycles. The van der Waals surface area contributed by atoms with Gasteiger partial charge in [0.05, 0.1) is 11.6 Å². The zero-order valence-corrected chi connectivity index (χ0v) is 10.5. The summed E-state index contributed by atoms with van der Waals surface area (Å²) in [6.07, 6.45) is 0.284. The molecule has 16 heavy (non-hydrogen) atoms. The molecule has 88 valence electrons. The number of ether oxygens (including phenoxy) is 1. The van der Waals surface area contributed by atoms with Crippen LogP contribution in [0.25, 0.3) is 0 Å². The van der Waals surface area contributed by atoms with Crippen molar-refractivity contribution in [2.75, 3.05) is 13.2 Å². The second kappa shape index (κ2) is 6.18. The lowest BCUT2D eigenvalue weighted by Crippen LogP contribution is -2.09. The Bertz CT molecular complexity index is 398. The largest absolute Gasteiger partial charge is 0.480 e. The number of aliphatic carboxylic acids is 1. The molecule has 1 aromatic rings. The average Bonchev–Trinajstić information content (AvgIpc) is 2.19. The third kappa shape index (κ3) is 4.08. The fourth-order valence-electron chi connectivity index (χ4n) is 1.10. The number of hydrogen-bond donors (Lipinski definition) is 1. The lowest BCUT2D eigenvalue weighted by Gasteiger charge is -2.05. The fourth-order valence-corrected chi connectivity index (χ4v) is 1.60. The van der Waals surface area contributed by atoms with Crippen LogP contribution in [-0.2, 0) is 16.0 Å². The van der Waals surface area contributed by atoms with Gasteiger partial charge in [-0.15, -0.1) is 0 Å². The van der Waals surface area contributed by atoms with Gasteiger partial charge in [-0.25, -0.2) is 9.18 Å². The Morgan fingerprint density at radius 3 is 2.88 bits per heavy atom. The molecule has 0 radical (unpaired) electrons. The Balaban J connectivity index is 2.54. The van der Waals surface area contributed by atoms with Gasteiger partial charge in [0.2, 0.25) is 0 Å². The zero-order valence-electron chi connectivity index (χ0n) is 8.17. The van der Waals surface area contributed by atoms with Crippen LogP contribution in [0.3, 0.4) is 0 Å². The molecule has 1 aromatic carbocycles. The molecule has 1 rings (SSSR count). The number of halogens is 3. The molecule has 3 nitrogen and oxygen atoms in total. The highest BCUT2D eigenvalue weighted by Gasteiger charge is 2.07. The van der Waals surface area contributed by atoms with Crippen molar-refractivity contribution in [3.05, 3.63) is 33.0 Å². The molecule has 0 aliphatic heterocycles. The molecule has 0 atom stereocenters. The molecule has 0 unspecified atom stereocenters. The quantitative estimate of drug-likeness (QED) is 0.672. The summed E-state index contributed by atoms with van der Waals surface area (Å²) in [5, 5.41) is 8.73. The van der Waals surface area contributed by atoms with E-state index in [9.17, 15) is 9.18 Å². The Labute approximate surface area is 105 Å². The number of rotatable bonds is 5. The van der Waals surface area contributed by atoms with Crippen LogP contribution in [0.2, 0.25) is 5.02 Å². The molecular weight excluding hydrogens is 302 g/mol. The summed E-state index contributed by atoms with van der Waals surface area (Å²) in [6, 6.07) is 2.76. The van der Waals surface area contributed by atoms with Crippen molar-refractivity contribution >= 4 is 33.5 Å². The van der Waals surface area contributed by atoms with Crippen molar-refractivity contribution in [3.8, 4) is 0 Å². The Hall–Kier alpha value is -0.650. The van der Waals surface area contributed by atoms with Crippen LogP contribution < -0.4 is 0 Å². The van der Waals surface area contributed by atoms with Crippen molar-refractivity contribution in [1.82, 2.24) is 0 Å². The Kier molecular flexibility index (Phi) is 5.18. The van der Waals surface area contributed by atoms with Crippen LogP contribution in [-0.4, -0.2) is 24.3 Å². The van der Waals surface area contributed by atoms with Crippen molar-refractivity contribution in [1.29, 1.82) is 0 Å². The molecule has 0 heterocycles. The predicted molar refractivity (Wildman–Crippen MR) is 61.3 cm³/mol. The molecule has 6 heteroatoms. The van der Waals surface area contributed by atoms with E-state index in [1.807, 2.05) is 0 Å². The molecule has 1 N–H and O–H groups in total. The third-order valence-electron chi connectivity index (χ3n) is 1.83. The number of carboxylic acids is 1. The lowest BCUT2D eigenvalue weighted by atomic mass is 10.1. The van der Waals surface area contributed by atoms with E-state index in [0.29, 0.717) is 15.1 Å². The first-order chi connectivity index (χ1) is 7.50. The van der Waals surface area contributed by atoms with Crippen molar-refractivity contribution in [3.63, 3.8) is 0 Å². The van der Waals surface area contributed by atoms with E-state index < -0.39 is 11.8 Å². The lowest BCUT2D eigenvalue weighted by molar-refractivity contribution is -0.142. The molecule has 0 aromatic heterocycles. The molecule has 0 aliphatic rings. The monoisotopic (exact) mass is 310 g/mol. The summed E-state index contributed by atoms with van der Waals surface area (Å²) in [6.45, 7) is -0.243. The number of carboxylic acid groups (broad SMARTS) is 1. The average molecular weight is 312 g/mol. The topological polar surface area (TPSA) is 46.5 Å². The Morgan fingerprint density at radius 1 is 1.56 bits per heavy atom.